The van der Waals surface area contributed by atoms with E-state index in [2.05, 4.69) is 0 Å². The number of hydrogen-bond acceptors (Lipinski definition) is 4. The van der Waals surface area contributed by atoms with Crippen LogP contribution in [0.2, 0.25) is 0 Å². The van der Waals surface area contributed by atoms with Crippen LogP contribution in [0, 0.1) is 13.8 Å². The van der Waals surface area contributed by atoms with Crippen LogP contribution < -0.4 is 20.1 Å². The third kappa shape index (κ3) is 5.60. The van der Waals surface area contributed by atoms with Crippen molar-refractivity contribution in [1.29, 1.82) is 0 Å². The summed E-state index contributed by atoms with van der Waals surface area (Å²) in [5.74, 6) is 1.17. The summed E-state index contributed by atoms with van der Waals surface area (Å²) in [6.07, 6.45) is 0. The lowest BCUT2D eigenvalue weighted by Crippen LogP contribution is -2.14. The van der Waals surface area contributed by atoms with Crippen LogP contribution in [0.1, 0.15) is 61.8 Å². The van der Waals surface area contributed by atoms with Crippen molar-refractivity contribution in [1.82, 2.24) is 6.15 Å². The molecule has 0 aromatic heterocycles. The molecule has 2 aromatic rings. The normalized spacial score (nSPS) is 11.4. The molecule has 2 aromatic carbocycles. The number of hydrogen-bond donors (Lipinski definition) is 1. The van der Waals surface area contributed by atoms with E-state index in [9.17, 15) is 9.46 Å². The molecule has 0 heterocycles. The maximum absolute atomic E-state index is 12.4. The zero-order chi connectivity index (χ0) is 18.8. The Morgan fingerprint density at radius 1 is 0.808 bits per heavy atom. The minimum atomic E-state index is -4.54. The predicted octanol–water partition coefficient (Wildman–Crippen LogP) is 5.85. The highest BCUT2D eigenvalue weighted by Crippen LogP contribution is 2.43. The first kappa shape index (κ1) is 22.2. The Morgan fingerprint density at radius 3 is 1.46 bits per heavy atom. The summed E-state index contributed by atoms with van der Waals surface area (Å²) in [4.78, 5) is 12.4. The second-order valence-corrected chi connectivity index (χ2v) is 8.25. The average molecular weight is 379 g/mol. The van der Waals surface area contributed by atoms with E-state index in [1.807, 2.05) is 65.8 Å². The average Bonchev–Trinajstić information content (AvgIpc) is 2.50. The summed E-state index contributed by atoms with van der Waals surface area (Å²) >= 11 is 0. The molecule has 2 rings (SSSR count). The van der Waals surface area contributed by atoms with Crippen LogP contribution in [0.4, 0.5) is 0 Å². The lowest BCUT2D eigenvalue weighted by atomic mass is 10.0. The molecule has 0 spiro atoms. The first-order chi connectivity index (χ1) is 11.6. The smallest absolute Gasteiger partial charge is 0.372 e. The minimum absolute atomic E-state index is 0. The SMILES string of the molecule is Cc1ccc(C(C)C)cc1OP(=O)([O-])Oc1cc(C(C)C)ccc1C.[NH4+]. The second-order valence-electron chi connectivity index (χ2n) is 6.99. The molecule has 5 nitrogen and oxygen atoms in total. The van der Waals surface area contributed by atoms with E-state index in [-0.39, 0.29) is 18.0 Å². The van der Waals surface area contributed by atoms with Crippen molar-refractivity contribution < 1.29 is 18.5 Å². The molecular formula is C20H30NO4P. The number of phosphoric acid groups is 1. The van der Waals surface area contributed by atoms with E-state index in [1.54, 1.807) is 12.1 Å². The highest BCUT2D eigenvalue weighted by atomic mass is 31.2. The molecule has 0 aliphatic heterocycles. The fraction of sp³-hybridized carbons (Fsp3) is 0.400. The van der Waals surface area contributed by atoms with Gasteiger partial charge in [0, 0.05) is 0 Å². The zero-order valence-electron chi connectivity index (χ0n) is 16.7. The topological polar surface area (TPSA) is 95.1 Å². The van der Waals surface area contributed by atoms with Gasteiger partial charge in [-0.15, -0.1) is 0 Å². The molecule has 4 N–H and O–H groups in total. The highest BCUT2D eigenvalue weighted by molar-refractivity contribution is 7.46. The maximum Gasteiger partial charge on any atom is 0.372 e. The quantitative estimate of drug-likeness (QED) is 0.637. The van der Waals surface area contributed by atoms with Gasteiger partial charge in [0.1, 0.15) is 11.5 Å². The Balaban J connectivity index is 0.00000338. The van der Waals surface area contributed by atoms with Gasteiger partial charge in [-0.3, -0.25) is 0 Å². The van der Waals surface area contributed by atoms with Gasteiger partial charge in [0.05, 0.1) is 0 Å². The minimum Gasteiger partial charge on any atom is -0.736 e. The van der Waals surface area contributed by atoms with Crippen molar-refractivity contribution in [3.8, 4) is 11.5 Å². The van der Waals surface area contributed by atoms with Crippen LogP contribution in [0.5, 0.6) is 11.5 Å². The summed E-state index contributed by atoms with van der Waals surface area (Å²) in [6, 6.07) is 11.2. The van der Waals surface area contributed by atoms with Gasteiger partial charge in [-0.05, 0) is 60.1 Å². The number of quaternary nitrogens is 1. The number of rotatable bonds is 6. The van der Waals surface area contributed by atoms with Crippen LogP contribution in [0.15, 0.2) is 36.4 Å². The molecular weight excluding hydrogens is 349 g/mol. The van der Waals surface area contributed by atoms with Gasteiger partial charge in [-0.25, -0.2) is 4.57 Å². The van der Waals surface area contributed by atoms with Crippen molar-refractivity contribution >= 4 is 7.82 Å². The van der Waals surface area contributed by atoms with Crippen LogP contribution in [-0.4, -0.2) is 0 Å². The van der Waals surface area contributed by atoms with Gasteiger partial charge in [-0.1, -0.05) is 52.0 Å². The van der Waals surface area contributed by atoms with Gasteiger partial charge in [0.25, 0.3) is 0 Å². The van der Waals surface area contributed by atoms with Gasteiger partial charge in [0.15, 0.2) is 0 Å². The monoisotopic (exact) mass is 379 g/mol. The van der Waals surface area contributed by atoms with Gasteiger partial charge < -0.3 is 20.1 Å². The lowest BCUT2D eigenvalue weighted by Gasteiger charge is -2.26. The van der Waals surface area contributed by atoms with E-state index in [0.717, 1.165) is 22.3 Å². The zero-order valence-corrected chi connectivity index (χ0v) is 17.6. The molecule has 0 saturated carbocycles. The summed E-state index contributed by atoms with van der Waals surface area (Å²) in [5.41, 5.74) is 3.52. The van der Waals surface area contributed by atoms with Crippen LogP contribution in [0.25, 0.3) is 0 Å². The van der Waals surface area contributed by atoms with E-state index in [1.165, 1.54) is 0 Å². The van der Waals surface area contributed by atoms with Crippen LogP contribution >= 0.6 is 7.82 Å². The number of benzene rings is 2. The standard InChI is InChI=1S/C20H27O4P.H3N/c1-13(2)17-9-7-15(5)19(11-17)23-25(21,22)24-20-12-18(14(3)4)10-8-16(20)6;/h7-14H,1-6H3,(H,21,22);1H3. The molecule has 0 aliphatic carbocycles. The van der Waals surface area contributed by atoms with Crippen molar-refractivity contribution in [3.63, 3.8) is 0 Å². The summed E-state index contributed by atoms with van der Waals surface area (Å²) < 4.78 is 22.9. The third-order valence-electron chi connectivity index (χ3n) is 4.18. The Kier molecular flexibility index (Phi) is 7.45. The van der Waals surface area contributed by atoms with Crippen molar-refractivity contribution in [2.24, 2.45) is 0 Å². The number of aryl methyl sites for hydroxylation is 2. The molecule has 0 unspecified atom stereocenters. The van der Waals surface area contributed by atoms with Crippen molar-refractivity contribution in [2.75, 3.05) is 0 Å². The first-order valence-corrected chi connectivity index (χ1v) is 9.96. The number of phosphoric ester groups is 1. The van der Waals surface area contributed by atoms with Crippen LogP contribution in [0.3, 0.4) is 0 Å². The molecule has 26 heavy (non-hydrogen) atoms. The van der Waals surface area contributed by atoms with Crippen molar-refractivity contribution in [3.05, 3.63) is 58.7 Å². The molecule has 0 fully saturated rings. The van der Waals surface area contributed by atoms with E-state index in [4.69, 9.17) is 9.05 Å². The Hall–Kier alpha value is -1.81. The Labute approximate surface area is 156 Å². The molecule has 6 heteroatoms. The molecule has 0 atom stereocenters. The first-order valence-electron chi connectivity index (χ1n) is 8.50. The lowest BCUT2D eigenvalue weighted by molar-refractivity contribution is -0.208. The molecule has 0 aliphatic rings. The van der Waals surface area contributed by atoms with Crippen LogP contribution in [-0.2, 0) is 4.57 Å². The molecule has 0 saturated heterocycles. The Bertz CT molecular complexity index is 739. The van der Waals surface area contributed by atoms with E-state index in [0.29, 0.717) is 11.5 Å². The third-order valence-corrected chi connectivity index (χ3v) is 5.02. The maximum atomic E-state index is 12.4. The largest absolute Gasteiger partial charge is 0.736 e. The van der Waals surface area contributed by atoms with Gasteiger partial charge in [0.2, 0.25) is 0 Å². The van der Waals surface area contributed by atoms with E-state index >= 15 is 0 Å². The molecule has 0 amide bonds. The summed E-state index contributed by atoms with van der Waals surface area (Å²) in [6.45, 7) is 11.8. The second kappa shape index (κ2) is 8.72. The molecule has 144 valence electrons. The van der Waals surface area contributed by atoms with E-state index < -0.39 is 7.82 Å². The van der Waals surface area contributed by atoms with Gasteiger partial charge in [-0.2, -0.15) is 0 Å². The molecule has 0 bridgehead atoms. The fourth-order valence-corrected chi connectivity index (χ4v) is 3.32. The fourth-order valence-electron chi connectivity index (χ4n) is 2.41. The summed E-state index contributed by atoms with van der Waals surface area (Å²) in [5, 5.41) is 0. The highest BCUT2D eigenvalue weighted by Gasteiger charge is 2.17. The molecule has 0 radical (unpaired) electrons. The van der Waals surface area contributed by atoms with Crippen molar-refractivity contribution in [2.45, 2.75) is 53.4 Å². The van der Waals surface area contributed by atoms with Gasteiger partial charge >= 0.3 is 7.82 Å². The Morgan fingerprint density at radius 2 is 1.15 bits per heavy atom. The summed E-state index contributed by atoms with van der Waals surface area (Å²) in [7, 11) is -4.54. The predicted molar refractivity (Wildman–Crippen MR) is 105 cm³/mol.